The van der Waals surface area contributed by atoms with E-state index in [1.54, 1.807) is 4.90 Å². The number of aryl methyl sites for hydroxylation is 1. The SMILES string of the molecule is CSc1nc2c(F)c(Br)c(CCC#N)cc2c2c1cc(C1CCCN1C(=O)N1CC(F)(F)C1)n2[C@H]1[C@@H]2C[C@H]1N(C(=O)O)C2. The van der Waals surface area contributed by atoms with Crippen molar-refractivity contribution in [3.8, 4) is 6.07 Å². The summed E-state index contributed by atoms with van der Waals surface area (Å²) in [6.07, 6.45) is 3.40. The van der Waals surface area contributed by atoms with Crippen LogP contribution in [0.15, 0.2) is 21.6 Å². The van der Waals surface area contributed by atoms with Gasteiger partial charge in [-0.15, -0.1) is 11.8 Å². The van der Waals surface area contributed by atoms with E-state index in [9.17, 15) is 28.7 Å². The lowest BCUT2D eigenvalue weighted by Crippen LogP contribution is -2.61. The number of urea groups is 1. The maximum absolute atomic E-state index is 15.9. The number of pyridine rings is 1. The summed E-state index contributed by atoms with van der Waals surface area (Å²) in [5, 5.41) is 21.0. The smallest absolute Gasteiger partial charge is 0.407 e. The molecular formula is C29H28BrF3N6O3S. The number of halogens is 4. The lowest BCUT2D eigenvalue weighted by molar-refractivity contribution is -0.114. The third-order valence-corrected chi connectivity index (χ3v) is 11.0. The molecule has 3 amide bonds. The van der Waals surface area contributed by atoms with E-state index in [2.05, 4.69) is 26.6 Å². The van der Waals surface area contributed by atoms with Crippen LogP contribution in [0.5, 0.6) is 0 Å². The molecule has 0 radical (unpaired) electrons. The predicted molar refractivity (Wildman–Crippen MR) is 157 cm³/mol. The van der Waals surface area contributed by atoms with Crippen molar-refractivity contribution in [2.24, 2.45) is 5.92 Å². The Balaban J connectivity index is 1.46. The highest BCUT2D eigenvalue weighted by Crippen LogP contribution is 2.54. The molecule has 1 N–H and O–H groups in total. The molecule has 3 aromatic rings. The predicted octanol–water partition coefficient (Wildman–Crippen LogP) is 6.40. The molecule has 1 unspecified atom stereocenters. The van der Waals surface area contributed by atoms with Gasteiger partial charge in [0, 0.05) is 41.9 Å². The molecule has 4 aliphatic heterocycles. The van der Waals surface area contributed by atoms with E-state index >= 15 is 4.39 Å². The van der Waals surface area contributed by atoms with Crippen LogP contribution in [0.3, 0.4) is 0 Å². The molecule has 2 aromatic heterocycles. The number of amides is 3. The van der Waals surface area contributed by atoms with Gasteiger partial charge in [-0.2, -0.15) is 5.26 Å². The van der Waals surface area contributed by atoms with Crippen molar-refractivity contribution in [2.45, 2.75) is 61.2 Å². The van der Waals surface area contributed by atoms with E-state index in [0.717, 1.165) is 16.6 Å². The molecule has 8 rings (SSSR count). The van der Waals surface area contributed by atoms with Crippen LogP contribution in [0.25, 0.3) is 21.8 Å². The molecular weight excluding hydrogens is 649 g/mol. The third kappa shape index (κ3) is 4.29. The number of nitriles is 1. The number of alkyl halides is 2. The molecule has 43 heavy (non-hydrogen) atoms. The van der Waals surface area contributed by atoms with Gasteiger partial charge in [0.1, 0.15) is 10.5 Å². The molecule has 14 heteroatoms. The van der Waals surface area contributed by atoms with Crippen LogP contribution in [-0.2, 0) is 6.42 Å². The summed E-state index contributed by atoms with van der Waals surface area (Å²) in [5.41, 5.74) is 2.29. The van der Waals surface area contributed by atoms with Crippen LogP contribution in [0, 0.1) is 23.1 Å². The molecule has 4 atom stereocenters. The minimum atomic E-state index is -2.88. The number of hydrogen-bond donors (Lipinski definition) is 1. The van der Waals surface area contributed by atoms with Crippen molar-refractivity contribution in [3.63, 3.8) is 0 Å². The molecule has 9 nitrogen and oxygen atoms in total. The Morgan fingerprint density at radius 3 is 2.67 bits per heavy atom. The second-order valence-corrected chi connectivity index (χ2v) is 13.5. The van der Waals surface area contributed by atoms with E-state index in [1.807, 2.05) is 18.4 Å². The van der Waals surface area contributed by atoms with Gasteiger partial charge in [-0.05, 0) is 65.6 Å². The van der Waals surface area contributed by atoms with E-state index in [-0.39, 0.29) is 34.4 Å². The maximum atomic E-state index is 15.9. The lowest BCUT2D eigenvalue weighted by Gasteiger charge is -2.43. The number of carbonyl (C=O) groups is 2. The molecule has 5 aliphatic rings. The Morgan fingerprint density at radius 2 is 2.02 bits per heavy atom. The largest absolute Gasteiger partial charge is 0.465 e. The summed E-state index contributed by atoms with van der Waals surface area (Å²) in [6, 6.07) is 4.58. The number of thioether (sulfide) groups is 1. The number of carbonyl (C=O) groups excluding carboxylic acids is 1. The molecule has 1 aromatic carbocycles. The summed E-state index contributed by atoms with van der Waals surface area (Å²) in [7, 11) is 0. The minimum Gasteiger partial charge on any atom is -0.465 e. The number of rotatable bonds is 5. The molecule has 226 valence electrons. The zero-order valence-electron chi connectivity index (χ0n) is 23.2. The number of fused-ring (bicyclic) bond motifs is 4. The minimum absolute atomic E-state index is 0.0365. The van der Waals surface area contributed by atoms with Crippen LogP contribution >= 0.6 is 27.7 Å². The normalized spacial score (nSPS) is 25.7. The van der Waals surface area contributed by atoms with Crippen molar-refractivity contribution in [2.75, 3.05) is 32.4 Å². The highest BCUT2D eigenvalue weighted by molar-refractivity contribution is 9.10. The molecule has 1 aliphatic carbocycles. The maximum Gasteiger partial charge on any atom is 0.407 e. The fourth-order valence-electron chi connectivity index (χ4n) is 7.53. The Labute approximate surface area is 257 Å². The zero-order chi connectivity index (χ0) is 30.4. The van der Waals surface area contributed by atoms with Gasteiger partial charge in [0.05, 0.1) is 47.3 Å². The first-order valence-electron chi connectivity index (χ1n) is 14.2. The number of benzene rings is 1. The van der Waals surface area contributed by atoms with Gasteiger partial charge < -0.3 is 24.4 Å². The van der Waals surface area contributed by atoms with Gasteiger partial charge in [0.15, 0.2) is 5.82 Å². The van der Waals surface area contributed by atoms with Crippen molar-refractivity contribution < 1.29 is 27.9 Å². The Kier molecular flexibility index (Phi) is 6.77. The second kappa shape index (κ2) is 10.2. The van der Waals surface area contributed by atoms with E-state index in [4.69, 9.17) is 4.98 Å². The highest BCUT2D eigenvalue weighted by Gasteiger charge is 2.56. The number of carboxylic acid groups (broad SMARTS) is 1. The molecule has 1 saturated carbocycles. The average Bonchev–Trinajstić information content (AvgIpc) is 3.74. The van der Waals surface area contributed by atoms with Gasteiger partial charge in [-0.25, -0.2) is 27.7 Å². The summed E-state index contributed by atoms with van der Waals surface area (Å²) in [6.45, 7) is -0.418. The summed E-state index contributed by atoms with van der Waals surface area (Å²) >= 11 is 4.74. The topological polar surface area (TPSA) is 106 Å². The van der Waals surface area contributed by atoms with Gasteiger partial charge in [0.2, 0.25) is 0 Å². The first-order valence-corrected chi connectivity index (χ1v) is 16.3. The fourth-order valence-corrected chi connectivity index (χ4v) is 8.59. The number of likely N-dealkylation sites (tertiary alicyclic amines) is 2. The first kappa shape index (κ1) is 28.6. The van der Waals surface area contributed by atoms with Crippen LogP contribution in [0.2, 0.25) is 0 Å². The Bertz CT molecular complexity index is 1740. The van der Waals surface area contributed by atoms with Crippen molar-refractivity contribution in [1.29, 1.82) is 5.26 Å². The van der Waals surface area contributed by atoms with Crippen LogP contribution < -0.4 is 0 Å². The Morgan fingerprint density at radius 1 is 1.26 bits per heavy atom. The van der Waals surface area contributed by atoms with Gasteiger partial charge in [-0.3, -0.25) is 0 Å². The zero-order valence-corrected chi connectivity index (χ0v) is 25.6. The third-order valence-electron chi connectivity index (χ3n) is 9.47. The second-order valence-electron chi connectivity index (χ2n) is 11.9. The highest BCUT2D eigenvalue weighted by atomic mass is 79.9. The van der Waals surface area contributed by atoms with Gasteiger partial charge >= 0.3 is 12.1 Å². The van der Waals surface area contributed by atoms with Crippen LogP contribution in [0.4, 0.5) is 22.8 Å². The average molecular weight is 678 g/mol. The van der Waals surface area contributed by atoms with Gasteiger partial charge in [-0.1, -0.05) is 0 Å². The molecule has 4 saturated heterocycles. The van der Waals surface area contributed by atoms with Crippen molar-refractivity contribution in [3.05, 3.63) is 33.7 Å². The number of nitrogens with zero attached hydrogens (tertiary/aromatic N) is 6. The molecule has 2 bridgehead atoms. The van der Waals surface area contributed by atoms with Crippen LogP contribution in [0.1, 0.15) is 49.0 Å². The number of hydrogen-bond acceptors (Lipinski definition) is 5. The number of aromatic nitrogens is 2. The molecule has 6 heterocycles. The fraction of sp³-hybridized carbons (Fsp3) is 0.517. The van der Waals surface area contributed by atoms with Crippen LogP contribution in [-0.4, -0.2) is 85.9 Å². The summed E-state index contributed by atoms with van der Waals surface area (Å²) in [4.78, 5) is 34.5. The van der Waals surface area contributed by atoms with Gasteiger partial charge in [0.25, 0.3) is 5.92 Å². The van der Waals surface area contributed by atoms with Crippen molar-refractivity contribution >= 4 is 61.6 Å². The standard InChI is InChI=1S/C29H28BrF3N6O3S/c1-43-26-17-10-19(18-5-3-7-37(18)27(40)36-12-29(32,33)13-36)39(24-15-9-20(24)38(11-15)28(41)42)25(17)16-8-14(4-2-6-34)21(30)22(31)23(16)35-26/h8,10,15,18,20,24H,2-5,7,9,11-13H2,1H3,(H,41,42)/t15-,18?,20-,24+/m1/s1. The quantitative estimate of drug-likeness (QED) is 0.314. The lowest BCUT2D eigenvalue weighted by atomic mass is 9.79. The summed E-state index contributed by atoms with van der Waals surface area (Å²) in [5.74, 6) is -3.38. The Hall–Kier alpha value is -3.18. The monoisotopic (exact) mass is 676 g/mol. The van der Waals surface area contributed by atoms with E-state index in [0.29, 0.717) is 54.7 Å². The van der Waals surface area contributed by atoms with E-state index in [1.165, 1.54) is 21.6 Å². The first-order chi connectivity index (χ1) is 20.5. The summed E-state index contributed by atoms with van der Waals surface area (Å²) < 4.78 is 45.7. The van der Waals surface area contributed by atoms with E-state index < -0.39 is 43.0 Å². The molecule has 5 fully saturated rings. The van der Waals surface area contributed by atoms with Crippen molar-refractivity contribution in [1.82, 2.24) is 24.3 Å². The molecule has 0 spiro atoms.